The molecule has 0 amide bonds. The van der Waals surface area contributed by atoms with Crippen molar-refractivity contribution < 1.29 is 5.11 Å². The van der Waals surface area contributed by atoms with Crippen LogP contribution in [0.1, 0.15) is 40.0 Å². The van der Waals surface area contributed by atoms with Crippen LogP contribution in [0.15, 0.2) is 0 Å². The minimum absolute atomic E-state index is 0.0486. The molecule has 0 unspecified atom stereocenters. The molecule has 1 rings (SSSR count). The summed E-state index contributed by atoms with van der Waals surface area (Å²) in [5.74, 6) is 0.616. The highest BCUT2D eigenvalue weighted by Crippen LogP contribution is 2.43. The van der Waals surface area contributed by atoms with Crippen molar-refractivity contribution in [3.63, 3.8) is 0 Å². The Bertz CT molecular complexity index is 120. The molecular formula is C9H18O. The maximum absolute atomic E-state index is 9.62. The van der Waals surface area contributed by atoms with E-state index in [9.17, 15) is 5.11 Å². The van der Waals surface area contributed by atoms with Gasteiger partial charge in [-0.2, -0.15) is 0 Å². The first-order chi connectivity index (χ1) is 4.57. The van der Waals surface area contributed by atoms with Crippen LogP contribution in [0.4, 0.5) is 0 Å². The minimum Gasteiger partial charge on any atom is -0.393 e. The van der Waals surface area contributed by atoms with E-state index in [0.717, 1.165) is 6.42 Å². The van der Waals surface area contributed by atoms with Crippen molar-refractivity contribution in [3.8, 4) is 0 Å². The summed E-state index contributed by atoms with van der Waals surface area (Å²) < 4.78 is 0. The van der Waals surface area contributed by atoms with E-state index in [1.54, 1.807) is 0 Å². The van der Waals surface area contributed by atoms with Crippen LogP contribution < -0.4 is 0 Å². The van der Waals surface area contributed by atoms with Crippen LogP contribution in [-0.4, -0.2) is 11.2 Å². The zero-order valence-corrected chi connectivity index (χ0v) is 7.22. The third-order valence-electron chi connectivity index (χ3n) is 3.27. The molecule has 0 saturated heterocycles. The van der Waals surface area contributed by atoms with Gasteiger partial charge in [0.15, 0.2) is 0 Å². The van der Waals surface area contributed by atoms with Crippen molar-refractivity contribution >= 4 is 0 Å². The lowest BCUT2D eigenvalue weighted by Gasteiger charge is -2.32. The van der Waals surface area contributed by atoms with Crippen LogP contribution >= 0.6 is 0 Å². The van der Waals surface area contributed by atoms with Crippen LogP contribution in [0.25, 0.3) is 0 Å². The predicted octanol–water partition coefficient (Wildman–Crippen LogP) is 2.19. The molecule has 0 radical (unpaired) electrons. The molecule has 1 N–H and O–H groups in total. The Morgan fingerprint density at radius 1 is 1.50 bits per heavy atom. The molecule has 60 valence electrons. The monoisotopic (exact) mass is 142 g/mol. The highest BCUT2D eigenvalue weighted by Gasteiger charge is 2.39. The molecule has 1 heteroatoms. The SMILES string of the molecule is CC(C)[C@]1(C)CCC[C@H]1O. The Morgan fingerprint density at radius 2 is 2.10 bits per heavy atom. The van der Waals surface area contributed by atoms with Gasteiger partial charge in [-0.05, 0) is 24.2 Å². The van der Waals surface area contributed by atoms with Crippen molar-refractivity contribution in [1.29, 1.82) is 0 Å². The van der Waals surface area contributed by atoms with Crippen LogP contribution in [0, 0.1) is 11.3 Å². The fourth-order valence-electron chi connectivity index (χ4n) is 1.85. The third-order valence-corrected chi connectivity index (χ3v) is 3.27. The summed E-state index contributed by atoms with van der Waals surface area (Å²) in [5.41, 5.74) is 0.208. The standard InChI is InChI=1S/C9H18O/c1-7(2)9(3)6-4-5-8(9)10/h7-8,10H,4-6H2,1-3H3/t8-,9+/m1/s1. The number of rotatable bonds is 1. The minimum atomic E-state index is -0.0486. The highest BCUT2D eigenvalue weighted by molar-refractivity contribution is 4.90. The molecule has 1 fully saturated rings. The molecule has 1 aliphatic carbocycles. The van der Waals surface area contributed by atoms with Crippen molar-refractivity contribution in [3.05, 3.63) is 0 Å². The lowest BCUT2D eigenvalue weighted by molar-refractivity contribution is 0.0316. The van der Waals surface area contributed by atoms with Gasteiger partial charge in [-0.25, -0.2) is 0 Å². The fraction of sp³-hybridized carbons (Fsp3) is 1.00. The molecule has 1 nitrogen and oxygen atoms in total. The van der Waals surface area contributed by atoms with Crippen molar-refractivity contribution in [1.82, 2.24) is 0 Å². The van der Waals surface area contributed by atoms with E-state index in [-0.39, 0.29) is 11.5 Å². The predicted molar refractivity (Wildman–Crippen MR) is 42.8 cm³/mol. The van der Waals surface area contributed by atoms with Gasteiger partial charge in [0.1, 0.15) is 0 Å². The number of aliphatic hydroxyl groups is 1. The van der Waals surface area contributed by atoms with Crippen molar-refractivity contribution in [2.24, 2.45) is 11.3 Å². The zero-order chi connectivity index (χ0) is 7.78. The summed E-state index contributed by atoms with van der Waals surface area (Å²) in [5, 5.41) is 9.62. The third kappa shape index (κ3) is 1.07. The Hall–Kier alpha value is -0.0400. The van der Waals surface area contributed by atoms with Crippen molar-refractivity contribution in [2.45, 2.75) is 46.1 Å². The molecule has 0 spiro atoms. The second-order valence-corrected chi connectivity index (χ2v) is 4.07. The molecule has 0 aromatic carbocycles. The maximum atomic E-state index is 9.62. The highest BCUT2D eigenvalue weighted by atomic mass is 16.3. The second-order valence-electron chi connectivity index (χ2n) is 4.07. The molecule has 1 saturated carbocycles. The average molecular weight is 142 g/mol. The Balaban J connectivity index is 2.66. The van der Waals surface area contributed by atoms with Gasteiger partial charge in [-0.15, -0.1) is 0 Å². The smallest absolute Gasteiger partial charge is 0.0596 e. The Labute approximate surface area is 63.4 Å². The van der Waals surface area contributed by atoms with E-state index in [4.69, 9.17) is 0 Å². The summed E-state index contributed by atoms with van der Waals surface area (Å²) in [6, 6.07) is 0. The molecule has 0 aliphatic heterocycles. The Kier molecular flexibility index (Phi) is 2.04. The second kappa shape index (κ2) is 2.54. The normalized spacial score (nSPS) is 41.1. The van der Waals surface area contributed by atoms with E-state index >= 15 is 0 Å². The van der Waals surface area contributed by atoms with Gasteiger partial charge in [0.25, 0.3) is 0 Å². The first-order valence-electron chi connectivity index (χ1n) is 4.25. The zero-order valence-electron chi connectivity index (χ0n) is 7.22. The van der Waals surface area contributed by atoms with E-state index in [1.807, 2.05) is 0 Å². The van der Waals surface area contributed by atoms with E-state index in [1.165, 1.54) is 12.8 Å². The van der Waals surface area contributed by atoms with Gasteiger partial charge in [-0.3, -0.25) is 0 Å². The van der Waals surface area contributed by atoms with Gasteiger partial charge in [0, 0.05) is 0 Å². The Morgan fingerprint density at radius 3 is 2.30 bits per heavy atom. The summed E-state index contributed by atoms with van der Waals surface area (Å²) in [6.45, 7) is 6.61. The molecule has 0 heterocycles. The molecule has 2 atom stereocenters. The molecular weight excluding hydrogens is 124 g/mol. The van der Waals surface area contributed by atoms with Gasteiger partial charge in [0.05, 0.1) is 6.10 Å². The van der Waals surface area contributed by atoms with Crippen molar-refractivity contribution in [2.75, 3.05) is 0 Å². The molecule has 10 heavy (non-hydrogen) atoms. The quantitative estimate of drug-likeness (QED) is 0.595. The van der Waals surface area contributed by atoms with Crippen LogP contribution in [-0.2, 0) is 0 Å². The lowest BCUT2D eigenvalue weighted by atomic mass is 9.76. The summed E-state index contributed by atoms with van der Waals surface area (Å²) in [7, 11) is 0. The van der Waals surface area contributed by atoms with Crippen LogP contribution in [0.2, 0.25) is 0 Å². The number of aliphatic hydroxyl groups excluding tert-OH is 1. The summed E-state index contributed by atoms with van der Waals surface area (Å²) >= 11 is 0. The lowest BCUT2D eigenvalue weighted by Crippen LogP contribution is -2.31. The van der Waals surface area contributed by atoms with E-state index in [2.05, 4.69) is 20.8 Å². The maximum Gasteiger partial charge on any atom is 0.0596 e. The largest absolute Gasteiger partial charge is 0.393 e. The van der Waals surface area contributed by atoms with Crippen LogP contribution in [0.5, 0.6) is 0 Å². The fourth-order valence-corrected chi connectivity index (χ4v) is 1.85. The summed E-state index contributed by atoms with van der Waals surface area (Å²) in [6.07, 6.45) is 3.36. The first kappa shape index (κ1) is 8.06. The average Bonchev–Trinajstić information content (AvgIpc) is 2.15. The van der Waals surface area contributed by atoms with Gasteiger partial charge >= 0.3 is 0 Å². The topological polar surface area (TPSA) is 20.2 Å². The van der Waals surface area contributed by atoms with Gasteiger partial charge in [-0.1, -0.05) is 27.2 Å². The summed E-state index contributed by atoms with van der Waals surface area (Å²) in [4.78, 5) is 0. The number of hydrogen-bond donors (Lipinski definition) is 1. The molecule has 0 aromatic rings. The molecule has 1 aliphatic rings. The van der Waals surface area contributed by atoms with E-state index < -0.39 is 0 Å². The molecule has 0 bridgehead atoms. The van der Waals surface area contributed by atoms with Gasteiger partial charge < -0.3 is 5.11 Å². The van der Waals surface area contributed by atoms with Gasteiger partial charge in [0.2, 0.25) is 0 Å². The number of hydrogen-bond acceptors (Lipinski definition) is 1. The van der Waals surface area contributed by atoms with Crippen LogP contribution in [0.3, 0.4) is 0 Å². The van der Waals surface area contributed by atoms with E-state index in [0.29, 0.717) is 5.92 Å². The molecule has 0 aromatic heterocycles. The first-order valence-corrected chi connectivity index (χ1v) is 4.25.